The highest BCUT2D eigenvalue weighted by Crippen LogP contribution is 2.46. The number of pyridine rings is 1. The number of aryl methyl sites for hydroxylation is 4. The smallest absolute Gasteiger partial charge is 0.263 e. The second-order valence-electron chi connectivity index (χ2n) is 33.6. The van der Waals surface area contributed by atoms with Gasteiger partial charge in [-0.1, -0.05) is 87.5 Å². The number of alkyl halides is 3. The molecule has 18 rings (SSSR count). The van der Waals surface area contributed by atoms with Gasteiger partial charge in [-0.05, 0) is 190 Å². The van der Waals surface area contributed by atoms with E-state index in [2.05, 4.69) is 126 Å². The minimum atomic E-state index is -3.08. The molecule has 27 heteroatoms. The van der Waals surface area contributed by atoms with Crippen LogP contribution in [-0.4, -0.2) is 138 Å². The van der Waals surface area contributed by atoms with Crippen molar-refractivity contribution in [1.29, 1.82) is 5.26 Å². The van der Waals surface area contributed by atoms with Crippen molar-refractivity contribution >= 4 is 68.1 Å². The zero-order valence-corrected chi connectivity index (χ0v) is 70.9. The zero-order valence-electron chi connectivity index (χ0n) is 70.1. The third-order valence-corrected chi connectivity index (χ3v) is 25.7. The molecule has 7 aromatic heterocycles. The molecule has 3 fully saturated rings. The number of ether oxygens (including phenoxy) is 2. The van der Waals surface area contributed by atoms with Crippen LogP contribution in [0.5, 0.6) is 11.5 Å². The van der Waals surface area contributed by atoms with E-state index in [1.165, 1.54) is 25.3 Å². The number of hydrogen-bond donors (Lipinski definition) is 4. The third-order valence-electron chi connectivity index (χ3n) is 24.8. The number of H-pyrrole nitrogens is 3. The number of primary amides is 1. The zero-order chi connectivity index (χ0) is 85.5. The SMILES string of the molecule is COc1ccc(-c2nc(C3(C)CCN(c4ncnc5c4C=C(c4ccc(C#N)nc4)C5)CC3)[nH]c2C)cc1C.Cc1[nH]c(C2(C)CCN(c3ncnc4c3C=C(c3ccc(C(N)=O)cc3)C4)CC2)nc1-c1ccc(OC(C)F)cc1.Cc1[nH]c(C2(C)CCN(c3ncnc4c3C=C(c3ccc(CS(C)(=O)=O)cc3)C4)CC2)nc1-c1ccc(C(F)F)cc1. The molecule has 5 N–H and O–H groups in total. The first kappa shape index (κ1) is 82.7. The number of hydrogen-bond acceptors (Lipinski definition) is 19. The molecular weight excluding hydrogens is 1560 g/mol. The van der Waals surface area contributed by atoms with Crippen LogP contribution in [0.2, 0.25) is 0 Å². The molecule has 1 atom stereocenters. The molecule has 10 heterocycles. The molecule has 122 heavy (non-hydrogen) atoms. The fourth-order valence-corrected chi connectivity index (χ4v) is 18.2. The average Bonchev–Trinajstić information content (AvgIpc) is 1.59. The first-order valence-electron chi connectivity index (χ1n) is 41.2. The highest BCUT2D eigenvalue weighted by atomic mass is 32.2. The number of nitrogens with zero attached hydrogens (tertiary/aromatic N) is 14. The van der Waals surface area contributed by atoms with Crippen LogP contribution in [0.15, 0.2) is 153 Å². The van der Waals surface area contributed by atoms with Crippen molar-refractivity contribution < 1.29 is 35.9 Å². The van der Waals surface area contributed by atoms with Gasteiger partial charge in [-0.3, -0.25) is 4.79 Å². The van der Waals surface area contributed by atoms with E-state index in [1.54, 1.807) is 74.8 Å². The lowest BCUT2D eigenvalue weighted by Gasteiger charge is -2.39. The third kappa shape index (κ3) is 17.4. The van der Waals surface area contributed by atoms with Crippen LogP contribution >= 0.6 is 0 Å². The van der Waals surface area contributed by atoms with Gasteiger partial charge in [0.1, 0.15) is 77.2 Å². The molecule has 0 spiro atoms. The summed E-state index contributed by atoms with van der Waals surface area (Å²) in [7, 11) is -1.38. The Labute approximate surface area is 708 Å². The normalized spacial score (nSPS) is 16.4. The standard InChI is InChI=1S/C32H33F2N5O2S.C32H33FN6O2.C31H31N7O/c1-20-28(23-8-10-24(11-9-23)29(33)34)38-31(37-20)32(2)12-14-39(15-13-32)30-26-16-25(17-27(26)35-19-36-30)22-6-4-21(5-7-22)18-42(3,40)41;1-19-28(22-8-10-25(11-9-22)41-20(2)33)38-31(37-19)32(3)12-14-39(15-13-32)30-26-16-24(17-27(26)35-18-36-30)21-4-6-23(7-5-21)29(34)40;1-19-13-21(6-8-27(19)39-4)28-20(2)36-30(37-28)31(3)9-11-38(12-10-31)29-25-14-23(15-26(25)34-18-35-29)22-5-7-24(16-32)33-17-22/h4-11,16,19,29H,12-15,17-18H2,1-3H3,(H,37,38);4-11,16,18,20H,12-15,17H2,1-3H3,(H2,34,40)(H,37,38);5-8,13-14,17-18H,9-12,15H2,1-4H3,(H,36,37). The number of sulfone groups is 1. The van der Waals surface area contributed by atoms with Crippen molar-refractivity contribution in [2.24, 2.45) is 5.73 Å². The number of piperidine rings is 3. The number of aromatic amines is 3. The quantitative estimate of drug-likeness (QED) is 0.0584. The van der Waals surface area contributed by atoms with Gasteiger partial charge in [-0.25, -0.2) is 71.4 Å². The number of aromatic nitrogens is 13. The summed E-state index contributed by atoms with van der Waals surface area (Å²) in [6.45, 7) is 21.4. The number of nitrogens with one attached hydrogen (secondary N) is 3. The predicted octanol–water partition coefficient (Wildman–Crippen LogP) is 17.3. The molecule has 0 bridgehead atoms. The van der Waals surface area contributed by atoms with Crippen molar-refractivity contribution in [3.05, 3.63) is 266 Å². The number of fused-ring (bicyclic) bond motifs is 3. The maximum Gasteiger partial charge on any atom is 0.263 e. The molecule has 1 amide bonds. The number of nitrogens with two attached hydrogens (primary N) is 1. The van der Waals surface area contributed by atoms with Gasteiger partial charge < -0.3 is 44.9 Å². The van der Waals surface area contributed by atoms with Gasteiger partial charge in [0.2, 0.25) is 12.3 Å². The van der Waals surface area contributed by atoms with Crippen molar-refractivity contribution in [1.82, 2.24) is 64.8 Å². The Kier molecular flexibility index (Phi) is 23.0. The van der Waals surface area contributed by atoms with Crippen molar-refractivity contribution in [3.8, 4) is 51.3 Å². The number of halogens is 3. The van der Waals surface area contributed by atoms with E-state index in [9.17, 15) is 26.4 Å². The minimum Gasteiger partial charge on any atom is -0.496 e. The molecule has 624 valence electrons. The Hall–Kier alpha value is -13.0. The minimum absolute atomic E-state index is 0.00664. The first-order chi connectivity index (χ1) is 58.6. The second kappa shape index (κ2) is 33.9. The lowest BCUT2D eigenvalue weighted by molar-refractivity contribution is 0.0860. The van der Waals surface area contributed by atoms with Gasteiger partial charge in [-0.2, -0.15) is 5.26 Å². The lowest BCUT2D eigenvalue weighted by Crippen LogP contribution is -2.42. The second-order valence-corrected chi connectivity index (χ2v) is 35.7. The molecule has 6 aliphatic rings. The monoisotopic (exact) mass is 1660 g/mol. The van der Waals surface area contributed by atoms with Crippen molar-refractivity contribution in [2.45, 2.75) is 148 Å². The van der Waals surface area contributed by atoms with E-state index in [-0.39, 0.29) is 27.6 Å². The summed E-state index contributed by atoms with van der Waals surface area (Å²) >= 11 is 0. The Morgan fingerprint density at radius 1 is 0.525 bits per heavy atom. The van der Waals surface area contributed by atoms with Crippen molar-refractivity contribution in [3.63, 3.8) is 0 Å². The number of allylic oxidation sites excluding steroid dienone is 3. The fraction of sp³-hybridized carbons (Fsp3) is 0.326. The molecule has 3 saturated heterocycles. The number of methoxy groups -OCH3 is 1. The van der Waals surface area contributed by atoms with Gasteiger partial charge in [0.15, 0.2) is 9.84 Å². The van der Waals surface area contributed by atoms with E-state index in [4.69, 9.17) is 45.4 Å². The highest BCUT2D eigenvalue weighted by Gasteiger charge is 2.41. The van der Waals surface area contributed by atoms with Crippen LogP contribution in [0, 0.1) is 39.0 Å². The number of carbonyl (C=O) groups excluding carboxylic acids is 1. The molecular formula is C95H97F3N18O5S. The molecule has 5 aromatic carbocycles. The topological polar surface area (TPSA) is 305 Å². The van der Waals surface area contributed by atoms with E-state index in [0.29, 0.717) is 23.4 Å². The molecule has 3 aliphatic carbocycles. The van der Waals surface area contributed by atoms with Gasteiger partial charge in [0.25, 0.3) is 6.43 Å². The van der Waals surface area contributed by atoms with Crippen LogP contribution in [0.3, 0.4) is 0 Å². The van der Waals surface area contributed by atoms with Crippen molar-refractivity contribution in [2.75, 3.05) is 67.3 Å². The summed E-state index contributed by atoms with van der Waals surface area (Å²) in [5.74, 6) is 6.81. The number of carbonyl (C=O) groups is 1. The average molecular weight is 1660 g/mol. The Bertz CT molecular complexity index is 6190. The largest absolute Gasteiger partial charge is 0.496 e. The number of rotatable bonds is 19. The molecule has 23 nitrogen and oxygen atoms in total. The van der Waals surface area contributed by atoms with Gasteiger partial charge >= 0.3 is 0 Å². The lowest BCUT2D eigenvalue weighted by atomic mass is 9.79. The number of benzene rings is 5. The van der Waals surface area contributed by atoms with Gasteiger partial charge in [0.05, 0.1) is 47.0 Å². The van der Waals surface area contributed by atoms with Crippen LogP contribution < -0.4 is 29.9 Å². The summed E-state index contributed by atoms with van der Waals surface area (Å²) in [5, 5.41) is 9.06. The van der Waals surface area contributed by atoms with Crippen LogP contribution in [0.25, 0.3) is 68.7 Å². The maximum atomic E-state index is 13.2. The summed E-state index contributed by atoms with van der Waals surface area (Å²) in [4.78, 5) is 76.2. The van der Waals surface area contributed by atoms with Crippen LogP contribution in [0.4, 0.5) is 30.6 Å². The van der Waals surface area contributed by atoms with Gasteiger partial charge in [0, 0.05) is 156 Å². The molecule has 12 aromatic rings. The molecule has 3 aliphatic heterocycles. The number of anilines is 3. The number of nitriles is 1. The highest BCUT2D eigenvalue weighted by molar-refractivity contribution is 7.89. The molecule has 0 saturated carbocycles. The molecule has 0 radical (unpaired) electrons. The summed E-state index contributed by atoms with van der Waals surface area (Å²) in [6.07, 6.45) is 18.3. The number of imidazole rings is 3. The van der Waals surface area contributed by atoms with E-state index in [0.717, 1.165) is 260 Å². The van der Waals surface area contributed by atoms with Gasteiger partial charge in [-0.15, -0.1) is 0 Å². The fourth-order valence-electron chi connectivity index (χ4n) is 17.4. The van der Waals surface area contributed by atoms with Crippen LogP contribution in [0.1, 0.15) is 190 Å². The Balaban J connectivity index is 0.000000136. The van der Waals surface area contributed by atoms with E-state index in [1.807, 2.05) is 74.5 Å². The summed E-state index contributed by atoms with van der Waals surface area (Å²) in [5.41, 5.74) is 29.3. The Morgan fingerprint density at radius 2 is 0.910 bits per heavy atom. The summed E-state index contributed by atoms with van der Waals surface area (Å²) in [6, 6.07) is 40.8. The molecule has 1 unspecified atom stereocenters. The van der Waals surface area contributed by atoms with E-state index >= 15 is 0 Å². The summed E-state index contributed by atoms with van der Waals surface area (Å²) < 4.78 is 73.1. The maximum absolute atomic E-state index is 13.2. The van der Waals surface area contributed by atoms with E-state index < -0.39 is 28.5 Å². The first-order valence-corrected chi connectivity index (χ1v) is 43.2. The predicted molar refractivity (Wildman–Crippen MR) is 470 cm³/mol. The van der Waals surface area contributed by atoms with Crippen LogP contribution in [-0.2, 0) is 51.1 Å². The number of amides is 1. The Morgan fingerprint density at radius 3 is 1.28 bits per heavy atom.